The highest BCUT2D eigenvalue weighted by atomic mass is 14.3. The molecule has 0 aliphatic heterocycles. The molecule has 84 valence electrons. The van der Waals surface area contributed by atoms with Crippen LogP contribution in [-0.2, 0) is 0 Å². The van der Waals surface area contributed by atoms with Gasteiger partial charge in [0.15, 0.2) is 0 Å². The molecular formula is C16H20. The Kier molecular flexibility index (Phi) is 2.38. The van der Waals surface area contributed by atoms with Crippen LogP contribution in [0.3, 0.4) is 0 Å². The lowest BCUT2D eigenvalue weighted by atomic mass is 9.75. The summed E-state index contributed by atoms with van der Waals surface area (Å²) < 4.78 is 0. The highest BCUT2D eigenvalue weighted by molar-refractivity contribution is 5.43. The van der Waals surface area contributed by atoms with Gasteiger partial charge < -0.3 is 0 Å². The Balaban J connectivity index is 1.82. The molecule has 0 atom stereocenters. The number of allylic oxidation sites excluding steroid dienone is 8. The van der Waals surface area contributed by atoms with Gasteiger partial charge in [-0.3, -0.25) is 0 Å². The molecule has 0 aromatic rings. The fourth-order valence-electron chi connectivity index (χ4n) is 3.24. The van der Waals surface area contributed by atoms with Gasteiger partial charge in [0.25, 0.3) is 0 Å². The number of hydrogen-bond donors (Lipinski definition) is 0. The third-order valence-corrected chi connectivity index (χ3v) is 4.23. The molecule has 0 unspecified atom stereocenters. The summed E-state index contributed by atoms with van der Waals surface area (Å²) in [7, 11) is 0. The molecule has 3 aliphatic carbocycles. The Hall–Kier alpha value is -1.04. The predicted octanol–water partition coefficient (Wildman–Crippen LogP) is 4.85. The molecule has 3 rings (SSSR count). The summed E-state index contributed by atoms with van der Waals surface area (Å²) in [6, 6.07) is 0. The highest BCUT2D eigenvalue weighted by Gasteiger charge is 2.23. The Bertz CT molecular complexity index is 410. The molecule has 0 nitrogen and oxygen atoms in total. The minimum atomic E-state index is 1.22. The lowest BCUT2D eigenvalue weighted by molar-refractivity contribution is 0.776. The number of rotatable bonds is 0. The minimum absolute atomic E-state index is 1.22. The topological polar surface area (TPSA) is 0 Å². The Morgan fingerprint density at radius 1 is 0.625 bits per heavy atom. The first-order valence-corrected chi connectivity index (χ1v) is 6.43. The Morgan fingerprint density at radius 3 is 1.56 bits per heavy atom. The van der Waals surface area contributed by atoms with Crippen molar-refractivity contribution in [2.75, 3.05) is 0 Å². The molecule has 0 amide bonds. The lowest BCUT2D eigenvalue weighted by Gasteiger charge is -2.30. The zero-order valence-corrected chi connectivity index (χ0v) is 10.4. The lowest BCUT2D eigenvalue weighted by Crippen LogP contribution is -2.11. The van der Waals surface area contributed by atoms with Crippen molar-refractivity contribution in [3.63, 3.8) is 0 Å². The molecule has 0 N–H and O–H groups in total. The van der Waals surface area contributed by atoms with E-state index in [1.807, 2.05) is 0 Å². The van der Waals surface area contributed by atoms with Crippen LogP contribution in [0.15, 0.2) is 45.6 Å². The van der Waals surface area contributed by atoms with Gasteiger partial charge in [0, 0.05) is 0 Å². The van der Waals surface area contributed by atoms with Crippen LogP contribution in [0.4, 0.5) is 0 Å². The fraction of sp³-hybridized carbons (Fsp3) is 0.500. The summed E-state index contributed by atoms with van der Waals surface area (Å²) in [5.74, 6) is 0. The van der Waals surface area contributed by atoms with Crippen LogP contribution < -0.4 is 0 Å². The van der Waals surface area contributed by atoms with Gasteiger partial charge in [-0.15, -0.1) is 0 Å². The second-order valence-electron chi connectivity index (χ2n) is 5.63. The summed E-state index contributed by atoms with van der Waals surface area (Å²) in [5, 5.41) is 0. The smallest absolute Gasteiger partial charge is 0.00962 e. The van der Waals surface area contributed by atoms with Crippen molar-refractivity contribution < 1.29 is 0 Å². The van der Waals surface area contributed by atoms with E-state index >= 15 is 0 Å². The summed E-state index contributed by atoms with van der Waals surface area (Å²) in [6.45, 7) is 4.55. The second-order valence-corrected chi connectivity index (χ2v) is 5.63. The molecule has 0 heterocycles. The van der Waals surface area contributed by atoms with E-state index in [1.54, 1.807) is 33.4 Å². The average molecular weight is 212 g/mol. The van der Waals surface area contributed by atoms with Crippen molar-refractivity contribution in [2.24, 2.45) is 0 Å². The zero-order chi connectivity index (χ0) is 11.1. The third kappa shape index (κ3) is 1.71. The molecule has 0 saturated carbocycles. The van der Waals surface area contributed by atoms with E-state index in [4.69, 9.17) is 0 Å². The van der Waals surface area contributed by atoms with E-state index in [1.165, 1.54) is 38.5 Å². The van der Waals surface area contributed by atoms with E-state index in [-0.39, 0.29) is 0 Å². The van der Waals surface area contributed by atoms with Crippen molar-refractivity contribution in [1.29, 1.82) is 0 Å². The third-order valence-electron chi connectivity index (χ3n) is 4.23. The molecule has 0 fully saturated rings. The number of hydrogen-bond acceptors (Lipinski definition) is 0. The first-order valence-electron chi connectivity index (χ1n) is 6.43. The van der Waals surface area contributed by atoms with Crippen LogP contribution in [0, 0.1) is 0 Å². The van der Waals surface area contributed by atoms with Gasteiger partial charge in [-0.25, -0.2) is 0 Å². The predicted molar refractivity (Wildman–Crippen MR) is 69.3 cm³/mol. The van der Waals surface area contributed by atoms with Crippen LogP contribution in [-0.4, -0.2) is 0 Å². The summed E-state index contributed by atoms with van der Waals surface area (Å²) >= 11 is 0. The largest absolute Gasteiger partial charge is 0.0812 e. The van der Waals surface area contributed by atoms with E-state index in [9.17, 15) is 0 Å². The quantitative estimate of drug-likeness (QED) is 0.503. The molecule has 0 aromatic heterocycles. The molecule has 0 aromatic carbocycles. The van der Waals surface area contributed by atoms with Gasteiger partial charge in [-0.2, -0.15) is 0 Å². The van der Waals surface area contributed by atoms with Crippen LogP contribution in [0.2, 0.25) is 0 Å². The first-order chi connectivity index (χ1) is 7.72. The maximum Gasteiger partial charge on any atom is -0.00962 e. The molecule has 0 spiro atoms. The van der Waals surface area contributed by atoms with Gasteiger partial charge in [0.2, 0.25) is 0 Å². The van der Waals surface area contributed by atoms with Gasteiger partial charge in [-0.05, 0) is 52.4 Å². The standard InChI is InChI=1S/C16H20/c1-11-3-5-13-9-14-6-4-12(2)8-16(14)10-15(13)7-11/h3-4H,5-10H2,1-2H3. The monoisotopic (exact) mass is 212 g/mol. The maximum absolute atomic E-state index is 2.42. The van der Waals surface area contributed by atoms with Crippen molar-refractivity contribution in [3.8, 4) is 0 Å². The zero-order valence-electron chi connectivity index (χ0n) is 10.4. The van der Waals surface area contributed by atoms with Gasteiger partial charge in [0.05, 0.1) is 0 Å². The molecule has 0 saturated heterocycles. The van der Waals surface area contributed by atoms with Crippen LogP contribution in [0.5, 0.6) is 0 Å². The molecule has 16 heavy (non-hydrogen) atoms. The molecule has 3 aliphatic rings. The Morgan fingerprint density at radius 2 is 1.06 bits per heavy atom. The van der Waals surface area contributed by atoms with Crippen molar-refractivity contribution in [1.82, 2.24) is 0 Å². The molecule has 0 radical (unpaired) electrons. The fourth-order valence-corrected chi connectivity index (χ4v) is 3.24. The van der Waals surface area contributed by atoms with Gasteiger partial charge >= 0.3 is 0 Å². The summed E-state index contributed by atoms with van der Waals surface area (Å²) in [6.07, 6.45) is 12.3. The molecule has 0 bridgehead atoms. The minimum Gasteiger partial charge on any atom is -0.0812 e. The normalized spacial score (nSPS) is 24.9. The van der Waals surface area contributed by atoms with Crippen LogP contribution in [0.25, 0.3) is 0 Å². The van der Waals surface area contributed by atoms with Crippen molar-refractivity contribution in [2.45, 2.75) is 52.4 Å². The molecule has 0 heteroatoms. The summed E-state index contributed by atoms with van der Waals surface area (Å²) in [4.78, 5) is 0. The van der Waals surface area contributed by atoms with E-state index in [0.717, 1.165) is 0 Å². The van der Waals surface area contributed by atoms with E-state index in [2.05, 4.69) is 26.0 Å². The van der Waals surface area contributed by atoms with Gasteiger partial charge in [-0.1, -0.05) is 45.6 Å². The van der Waals surface area contributed by atoms with Crippen LogP contribution in [0.1, 0.15) is 52.4 Å². The second kappa shape index (κ2) is 3.76. The average Bonchev–Trinajstić information content (AvgIpc) is 2.26. The molecular weight excluding hydrogens is 192 g/mol. The van der Waals surface area contributed by atoms with Crippen molar-refractivity contribution in [3.05, 3.63) is 45.6 Å². The highest BCUT2D eigenvalue weighted by Crippen LogP contribution is 2.42. The maximum atomic E-state index is 2.42. The SMILES string of the molecule is CC1=CCC2=C(C1)CC1=C(CC=C(C)C1)C2. The van der Waals surface area contributed by atoms with Crippen LogP contribution >= 0.6 is 0 Å². The summed E-state index contributed by atoms with van der Waals surface area (Å²) in [5.41, 5.74) is 10.1. The Labute approximate surface area is 98.4 Å². The van der Waals surface area contributed by atoms with Crippen molar-refractivity contribution >= 4 is 0 Å². The van der Waals surface area contributed by atoms with E-state index in [0.29, 0.717) is 0 Å². The van der Waals surface area contributed by atoms with Gasteiger partial charge in [0.1, 0.15) is 0 Å². The van der Waals surface area contributed by atoms with E-state index < -0.39 is 0 Å². The first kappa shape index (κ1) is 10.1.